The monoisotopic (exact) mass is 441 g/mol. The highest BCUT2D eigenvalue weighted by molar-refractivity contribution is 6.07. The normalized spacial score (nSPS) is 15.5. The van der Waals surface area contributed by atoms with Gasteiger partial charge in [0.15, 0.2) is 0 Å². The number of hydrogen-bond donors (Lipinski definition) is 2. The Bertz CT molecular complexity index is 1290. The first-order chi connectivity index (χ1) is 16.0. The molecule has 1 saturated heterocycles. The zero-order chi connectivity index (χ0) is 22.9. The highest BCUT2D eigenvalue weighted by Crippen LogP contribution is 2.28. The van der Waals surface area contributed by atoms with Gasteiger partial charge in [0.05, 0.1) is 5.56 Å². The number of carbonyl (C=O) groups is 1. The Morgan fingerprint density at radius 2 is 1.79 bits per heavy atom. The number of carbonyl (C=O) groups excluding carboxylic acids is 1. The Balaban J connectivity index is 1.44. The van der Waals surface area contributed by atoms with Crippen LogP contribution in [0.2, 0.25) is 0 Å². The van der Waals surface area contributed by atoms with Crippen LogP contribution >= 0.6 is 0 Å². The van der Waals surface area contributed by atoms with Crippen LogP contribution in [-0.2, 0) is 6.54 Å². The van der Waals surface area contributed by atoms with Crippen LogP contribution in [0.1, 0.15) is 42.6 Å². The number of aromatic nitrogens is 1. The molecule has 2 heterocycles. The highest BCUT2D eigenvalue weighted by atomic mass is 16.3. The molecule has 0 aliphatic carbocycles. The van der Waals surface area contributed by atoms with Gasteiger partial charge in [0, 0.05) is 48.8 Å². The standard InChI is InChI=1S/C28H31N3O2/c1-19(2)30-14-12-22(13-15-30)29-28(33)26-18-31(27-11-10-23(32)16-25(26)27)17-21-8-5-7-20-6-3-4-9-24(20)21/h3-11,16,18-19,22,32H,12-15,17H2,1-2H3,(H,29,33). The van der Waals surface area contributed by atoms with Gasteiger partial charge in [-0.05, 0) is 61.2 Å². The number of nitrogens with one attached hydrogen (secondary N) is 1. The van der Waals surface area contributed by atoms with Crippen molar-refractivity contribution in [3.05, 3.63) is 78.0 Å². The van der Waals surface area contributed by atoms with E-state index in [4.69, 9.17) is 0 Å². The zero-order valence-corrected chi connectivity index (χ0v) is 19.3. The maximum atomic E-state index is 13.3. The van der Waals surface area contributed by atoms with E-state index in [1.165, 1.54) is 16.3 Å². The lowest BCUT2D eigenvalue weighted by molar-refractivity contribution is 0.0902. The van der Waals surface area contributed by atoms with Gasteiger partial charge in [0.1, 0.15) is 5.75 Å². The van der Waals surface area contributed by atoms with Crippen molar-refractivity contribution >= 4 is 27.6 Å². The molecule has 170 valence electrons. The van der Waals surface area contributed by atoms with Crippen molar-refractivity contribution in [2.24, 2.45) is 0 Å². The third kappa shape index (κ3) is 4.33. The summed E-state index contributed by atoms with van der Waals surface area (Å²) >= 11 is 0. The Morgan fingerprint density at radius 3 is 2.58 bits per heavy atom. The number of likely N-dealkylation sites (tertiary alicyclic amines) is 1. The lowest BCUT2D eigenvalue weighted by atomic mass is 10.0. The molecular formula is C28H31N3O2. The summed E-state index contributed by atoms with van der Waals surface area (Å²) in [7, 11) is 0. The van der Waals surface area contributed by atoms with Crippen LogP contribution in [0.15, 0.2) is 66.9 Å². The molecule has 33 heavy (non-hydrogen) atoms. The molecule has 0 radical (unpaired) electrons. The van der Waals surface area contributed by atoms with Crippen LogP contribution in [0.25, 0.3) is 21.7 Å². The van der Waals surface area contributed by atoms with Crippen molar-refractivity contribution in [3.8, 4) is 5.75 Å². The number of fused-ring (bicyclic) bond motifs is 2. The summed E-state index contributed by atoms with van der Waals surface area (Å²) in [6, 6.07) is 20.7. The molecule has 0 bridgehead atoms. The summed E-state index contributed by atoms with van der Waals surface area (Å²) in [6.07, 6.45) is 3.86. The molecule has 1 aliphatic heterocycles. The van der Waals surface area contributed by atoms with Gasteiger partial charge in [-0.3, -0.25) is 4.79 Å². The topological polar surface area (TPSA) is 57.5 Å². The number of hydrogen-bond acceptors (Lipinski definition) is 3. The van der Waals surface area contributed by atoms with Gasteiger partial charge >= 0.3 is 0 Å². The fraction of sp³-hybridized carbons (Fsp3) is 0.321. The molecule has 1 amide bonds. The largest absolute Gasteiger partial charge is 0.508 e. The number of nitrogens with zero attached hydrogens (tertiary/aromatic N) is 2. The van der Waals surface area contributed by atoms with E-state index in [1.54, 1.807) is 12.1 Å². The average molecular weight is 442 g/mol. The lowest BCUT2D eigenvalue weighted by Gasteiger charge is -2.34. The van der Waals surface area contributed by atoms with Crippen LogP contribution < -0.4 is 5.32 Å². The van der Waals surface area contributed by atoms with Crippen LogP contribution in [0, 0.1) is 0 Å². The van der Waals surface area contributed by atoms with Crippen molar-refractivity contribution in [2.45, 2.75) is 45.3 Å². The Morgan fingerprint density at radius 1 is 1.03 bits per heavy atom. The molecule has 2 N–H and O–H groups in total. The summed E-state index contributed by atoms with van der Waals surface area (Å²) < 4.78 is 2.12. The van der Waals surface area contributed by atoms with Gasteiger partial charge in [0.25, 0.3) is 5.91 Å². The number of phenols is 1. The van der Waals surface area contributed by atoms with Crippen molar-refractivity contribution in [3.63, 3.8) is 0 Å². The summed E-state index contributed by atoms with van der Waals surface area (Å²) in [5.74, 6) is 0.106. The number of rotatable bonds is 5. The van der Waals surface area contributed by atoms with Crippen molar-refractivity contribution in [1.82, 2.24) is 14.8 Å². The number of piperidine rings is 1. The molecule has 5 nitrogen and oxygen atoms in total. The predicted molar refractivity (Wildman–Crippen MR) is 134 cm³/mol. The lowest BCUT2D eigenvalue weighted by Crippen LogP contribution is -2.46. The molecule has 4 aromatic rings. The van der Waals surface area contributed by atoms with E-state index < -0.39 is 0 Å². The van der Waals surface area contributed by atoms with Crippen LogP contribution in [0.4, 0.5) is 0 Å². The Labute approximate surface area is 194 Å². The Hall–Kier alpha value is -3.31. The summed E-state index contributed by atoms with van der Waals surface area (Å²) in [6.45, 7) is 7.10. The van der Waals surface area contributed by atoms with Crippen LogP contribution in [0.5, 0.6) is 5.75 Å². The number of aromatic hydroxyl groups is 1. The molecule has 5 heteroatoms. The first kappa shape index (κ1) is 21.5. The Kier molecular flexibility index (Phi) is 5.81. The van der Waals surface area contributed by atoms with Gasteiger partial charge in [-0.25, -0.2) is 0 Å². The molecule has 0 saturated carbocycles. The molecule has 0 spiro atoms. The van der Waals surface area contributed by atoms with E-state index in [2.05, 4.69) is 65.0 Å². The first-order valence-corrected chi connectivity index (χ1v) is 11.8. The summed E-state index contributed by atoms with van der Waals surface area (Å²) in [5.41, 5.74) is 2.76. The van der Waals surface area contributed by atoms with E-state index in [0.29, 0.717) is 18.2 Å². The van der Waals surface area contributed by atoms with Crippen LogP contribution in [-0.4, -0.2) is 45.7 Å². The van der Waals surface area contributed by atoms with E-state index in [9.17, 15) is 9.90 Å². The van der Waals surface area contributed by atoms with Gasteiger partial charge in [-0.2, -0.15) is 0 Å². The molecule has 0 atom stereocenters. The van der Waals surface area contributed by atoms with Gasteiger partial charge in [0.2, 0.25) is 0 Å². The molecule has 1 aliphatic rings. The summed E-state index contributed by atoms with van der Waals surface area (Å²) in [5, 5.41) is 16.6. The third-order valence-electron chi connectivity index (χ3n) is 6.92. The smallest absolute Gasteiger partial charge is 0.253 e. The molecule has 0 unspecified atom stereocenters. The highest BCUT2D eigenvalue weighted by Gasteiger charge is 2.24. The van der Waals surface area contributed by atoms with Crippen molar-refractivity contribution in [2.75, 3.05) is 13.1 Å². The SMILES string of the molecule is CC(C)N1CCC(NC(=O)c2cn(Cc3cccc4ccccc34)c3ccc(O)cc23)CC1. The minimum Gasteiger partial charge on any atom is -0.508 e. The third-order valence-corrected chi connectivity index (χ3v) is 6.92. The second kappa shape index (κ2) is 8.91. The fourth-order valence-corrected chi connectivity index (χ4v) is 5.03. The number of amides is 1. The average Bonchev–Trinajstić information content (AvgIpc) is 3.17. The molecule has 5 rings (SSSR count). The quantitative estimate of drug-likeness (QED) is 0.450. The molecule has 3 aromatic carbocycles. The number of benzene rings is 3. The predicted octanol–water partition coefficient (Wildman–Crippen LogP) is 5.15. The minimum absolute atomic E-state index is 0.0646. The zero-order valence-electron chi connectivity index (χ0n) is 19.3. The maximum Gasteiger partial charge on any atom is 0.253 e. The van der Waals surface area contributed by atoms with Crippen molar-refractivity contribution < 1.29 is 9.90 Å². The fourth-order valence-electron chi connectivity index (χ4n) is 5.03. The summed E-state index contributed by atoms with van der Waals surface area (Å²) in [4.78, 5) is 15.8. The first-order valence-electron chi connectivity index (χ1n) is 11.8. The molecular weight excluding hydrogens is 410 g/mol. The van der Waals surface area contributed by atoms with Crippen LogP contribution in [0.3, 0.4) is 0 Å². The maximum absolute atomic E-state index is 13.3. The minimum atomic E-state index is -0.0646. The van der Waals surface area contributed by atoms with E-state index >= 15 is 0 Å². The van der Waals surface area contributed by atoms with E-state index in [-0.39, 0.29) is 17.7 Å². The van der Waals surface area contributed by atoms with Crippen molar-refractivity contribution in [1.29, 1.82) is 0 Å². The second-order valence-electron chi connectivity index (χ2n) is 9.39. The molecule has 1 aromatic heterocycles. The van der Waals surface area contributed by atoms with E-state index in [0.717, 1.165) is 36.8 Å². The van der Waals surface area contributed by atoms with Gasteiger partial charge in [-0.1, -0.05) is 42.5 Å². The van der Waals surface area contributed by atoms with Gasteiger partial charge < -0.3 is 19.9 Å². The van der Waals surface area contributed by atoms with Gasteiger partial charge in [-0.15, -0.1) is 0 Å². The molecule has 1 fully saturated rings. The number of phenolic OH excluding ortho intramolecular Hbond substituents is 1. The van der Waals surface area contributed by atoms with E-state index in [1.807, 2.05) is 18.3 Å². The second-order valence-corrected chi connectivity index (χ2v) is 9.39.